The Balaban J connectivity index is 1.93. The molecule has 0 aliphatic carbocycles. The van der Waals surface area contributed by atoms with Crippen LogP contribution in [0.5, 0.6) is 5.75 Å². The zero-order valence-corrected chi connectivity index (χ0v) is 23.2. The fraction of sp³-hybridized carbons (Fsp3) is 0.345. The summed E-state index contributed by atoms with van der Waals surface area (Å²) >= 11 is 19.3. The monoisotopic (exact) mass is 528 g/mol. The quantitative estimate of drug-likeness (QED) is 0.359. The van der Waals surface area contributed by atoms with Gasteiger partial charge in [-0.2, -0.15) is 0 Å². The Kier molecular flexibility index (Phi) is 6.91. The van der Waals surface area contributed by atoms with Crippen molar-refractivity contribution in [3.05, 3.63) is 98.0 Å². The Morgan fingerprint density at radius 3 is 1.91 bits per heavy atom. The molecule has 1 heterocycles. The van der Waals surface area contributed by atoms with Crippen molar-refractivity contribution in [3.8, 4) is 5.75 Å². The molecule has 0 unspecified atom stereocenters. The lowest BCUT2D eigenvalue weighted by molar-refractivity contribution is 0.268. The summed E-state index contributed by atoms with van der Waals surface area (Å²) in [6.45, 7) is 13.2. The van der Waals surface area contributed by atoms with Crippen LogP contribution in [-0.4, -0.2) is 12.4 Å². The number of rotatable bonds is 5. The van der Waals surface area contributed by atoms with Crippen molar-refractivity contribution in [1.29, 1.82) is 0 Å². The van der Waals surface area contributed by atoms with Crippen LogP contribution >= 0.6 is 34.8 Å². The highest BCUT2D eigenvalue weighted by molar-refractivity contribution is 6.32. The Morgan fingerprint density at radius 2 is 1.40 bits per heavy atom. The van der Waals surface area contributed by atoms with Gasteiger partial charge in [-0.3, -0.25) is 4.99 Å². The molecule has 1 N–H and O–H groups in total. The molecule has 0 saturated heterocycles. The largest absolute Gasteiger partial charge is 0.493 e. The third-order valence-corrected chi connectivity index (χ3v) is 7.75. The smallest absolute Gasteiger partial charge is 0.133 e. The molecule has 0 radical (unpaired) electrons. The van der Waals surface area contributed by atoms with Crippen molar-refractivity contribution in [3.63, 3.8) is 0 Å². The zero-order chi connectivity index (χ0) is 25.6. The van der Waals surface area contributed by atoms with Crippen LogP contribution in [0.15, 0.2) is 65.7 Å². The van der Waals surface area contributed by atoms with Gasteiger partial charge in [0.05, 0.1) is 17.7 Å². The van der Waals surface area contributed by atoms with Gasteiger partial charge >= 0.3 is 0 Å². The molecule has 1 aliphatic heterocycles. The molecule has 3 aromatic rings. The Hall–Kier alpha value is -2.20. The SMILES string of the molecule is CCOc1cc(C(C)(C)C)c(Cl)cc1C1=N[C@@](C)(c2ccc(Cl)cc2)[C@](C)(c2ccc(Cl)cc2)N1. The Labute approximate surface area is 223 Å². The molecule has 2 atom stereocenters. The molecule has 184 valence electrons. The van der Waals surface area contributed by atoms with Crippen LogP contribution in [0, 0.1) is 0 Å². The van der Waals surface area contributed by atoms with Gasteiger partial charge in [-0.05, 0) is 79.3 Å². The van der Waals surface area contributed by atoms with E-state index in [0.29, 0.717) is 21.7 Å². The summed E-state index contributed by atoms with van der Waals surface area (Å²) in [7, 11) is 0. The van der Waals surface area contributed by atoms with E-state index in [1.165, 1.54) is 0 Å². The highest BCUT2D eigenvalue weighted by Crippen LogP contribution is 2.48. The van der Waals surface area contributed by atoms with E-state index in [2.05, 4.69) is 39.9 Å². The highest BCUT2D eigenvalue weighted by atomic mass is 35.5. The number of halogens is 3. The summed E-state index contributed by atoms with van der Waals surface area (Å²) in [5.41, 5.74) is 2.61. The molecule has 0 bridgehead atoms. The van der Waals surface area contributed by atoms with Crippen LogP contribution < -0.4 is 10.1 Å². The van der Waals surface area contributed by atoms with Crippen LogP contribution in [0.3, 0.4) is 0 Å². The predicted octanol–water partition coefficient (Wildman–Crippen LogP) is 8.52. The van der Waals surface area contributed by atoms with E-state index in [1.54, 1.807) is 0 Å². The molecular formula is C29H31Cl3N2O. The Bertz CT molecular complexity index is 1260. The minimum atomic E-state index is -0.653. The standard InChI is InChI=1S/C29H31Cl3N2O/c1-7-35-25-17-23(27(2,3)4)24(32)16-22(25)26-33-28(5,18-8-12-20(30)13-9-18)29(6,34-26)19-10-14-21(31)15-11-19/h8-17H,7H2,1-6H3,(H,33,34)/t28-,29-/m0/s1. The molecule has 0 fully saturated rings. The maximum absolute atomic E-state index is 6.81. The van der Waals surface area contributed by atoms with Gasteiger partial charge in [-0.15, -0.1) is 0 Å². The minimum Gasteiger partial charge on any atom is -0.493 e. The van der Waals surface area contributed by atoms with Gasteiger partial charge in [0, 0.05) is 15.1 Å². The summed E-state index contributed by atoms with van der Waals surface area (Å²) < 4.78 is 6.11. The molecule has 35 heavy (non-hydrogen) atoms. The predicted molar refractivity (Wildman–Crippen MR) is 149 cm³/mol. The van der Waals surface area contributed by atoms with Crippen LogP contribution in [0.1, 0.15) is 63.8 Å². The minimum absolute atomic E-state index is 0.123. The molecular weight excluding hydrogens is 499 g/mol. The number of hydrogen-bond donors (Lipinski definition) is 1. The summed E-state index contributed by atoms with van der Waals surface area (Å²) in [5.74, 6) is 1.48. The van der Waals surface area contributed by atoms with Gasteiger partial charge in [0.25, 0.3) is 0 Å². The fourth-order valence-electron chi connectivity index (χ4n) is 4.70. The summed E-state index contributed by atoms with van der Waals surface area (Å²) in [6.07, 6.45) is 0. The number of hydrogen-bond acceptors (Lipinski definition) is 3. The average Bonchev–Trinajstić information content (AvgIpc) is 3.07. The lowest BCUT2D eigenvalue weighted by atomic mass is 9.72. The van der Waals surface area contributed by atoms with E-state index < -0.39 is 11.1 Å². The summed E-state index contributed by atoms with van der Waals surface area (Å²) in [4.78, 5) is 5.31. The molecule has 3 nitrogen and oxygen atoms in total. The Morgan fingerprint density at radius 1 is 0.857 bits per heavy atom. The van der Waals surface area contributed by atoms with E-state index in [0.717, 1.165) is 33.8 Å². The van der Waals surface area contributed by atoms with E-state index in [-0.39, 0.29) is 5.41 Å². The molecule has 6 heteroatoms. The van der Waals surface area contributed by atoms with Crippen molar-refractivity contribution >= 4 is 40.6 Å². The van der Waals surface area contributed by atoms with Crippen LogP contribution in [0.2, 0.25) is 15.1 Å². The van der Waals surface area contributed by atoms with Crippen LogP contribution in [0.25, 0.3) is 0 Å². The third kappa shape index (κ3) is 4.67. The van der Waals surface area contributed by atoms with Gasteiger partial charge < -0.3 is 10.1 Å². The number of amidine groups is 1. The van der Waals surface area contributed by atoms with E-state index >= 15 is 0 Å². The number of nitrogens with zero attached hydrogens (tertiary/aromatic N) is 1. The van der Waals surface area contributed by atoms with Crippen molar-refractivity contribution in [2.24, 2.45) is 4.99 Å². The summed E-state index contributed by atoms with van der Waals surface area (Å²) in [5, 5.41) is 5.80. The van der Waals surface area contributed by atoms with Gasteiger partial charge in [0.2, 0.25) is 0 Å². The lowest BCUT2D eigenvalue weighted by Gasteiger charge is -2.40. The average molecular weight is 530 g/mol. The van der Waals surface area contributed by atoms with Crippen molar-refractivity contribution in [2.75, 3.05) is 6.61 Å². The fourth-order valence-corrected chi connectivity index (χ4v) is 5.40. The van der Waals surface area contributed by atoms with Gasteiger partial charge in [-0.25, -0.2) is 0 Å². The molecule has 0 saturated carbocycles. The second kappa shape index (κ2) is 9.35. The maximum atomic E-state index is 6.81. The van der Waals surface area contributed by atoms with E-state index in [9.17, 15) is 0 Å². The number of ether oxygens (including phenoxy) is 1. The van der Waals surface area contributed by atoms with E-state index in [4.69, 9.17) is 44.5 Å². The van der Waals surface area contributed by atoms with Crippen molar-refractivity contribution in [2.45, 2.75) is 58.0 Å². The number of nitrogens with one attached hydrogen (secondary N) is 1. The van der Waals surface area contributed by atoms with E-state index in [1.807, 2.05) is 67.6 Å². The second-order valence-corrected chi connectivity index (χ2v) is 11.6. The molecule has 1 aliphatic rings. The van der Waals surface area contributed by atoms with Crippen LogP contribution in [0.4, 0.5) is 0 Å². The number of aliphatic imine (C=N–C) groups is 1. The topological polar surface area (TPSA) is 33.6 Å². The zero-order valence-electron chi connectivity index (χ0n) is 21.0. The third-order valence-electron chi connectivity index (χ3n) is 6.94. The summed E-state index contributed by atoms with van der Waals surface area (Å²) in [6, 6.07) is 19.8. The first-order valence-corrected chi connectivity index (χ1v) is 12.9. The van der Waals surface area contributed by atoms with Gasteiger partial charge in [0.1, 0.15) is 17.1 Å². The second-order valence-electron chi connectivity index (χ2n) is 10.3. The molecule has 3 aromatic carbocycles. The van der Waals surface area contributed by atoms with Crippen molar-refractivity contribution < 1.29 is 4.74 Å². The van der Waals surface area contributed by atoms with Gasteiger partial charge in [0.15, 0.2) is 0 Å². The molecule has 4 rings (SSSR count). The van der Waals surface area contributed by atoms with Gasteiger partial charge in [-0.1, -0.05) is 79.8 Å². The number of benzene rings is 3. The maximum Gasteiger partial charge on any atom is 0.133 e. The molecule has 0 amide bonds. The molecule has 0 spiro atoms. The lowest BCUT2D eigenvalue weighted by Crippen LogP contribution is -2.50. The van der Waals surface area contributed by atoms with Crippen LogP contribution in [-0.2, 0) is 16.5 Å². The molecule has 0 aromatic heterocycles. The van der Waals surface area contributed by atoms with Crippen molar-refractivity contribution in [1.82, 2.24) is 5.32 Å². The normalized spacial score (nSPS) is 22.0. The first kappa shape index (κ1) is 25.9. The highest BCUT2D eigenvalue weighted by Gasteiger charge is 2.52. The first-order chi connectivity index (χ1) is 16.4. The first-order valence-electron chi connectivity index (χ1n) is 11.8.